The fraction of sp³-hybridized carbons (Fsp3) is 0.692. The van der Waals surface area contributed by atoms with Gasteiger partial charge in [-0.2, -0.15) is 0 Å². The number of amides is 1. The molecule has 1 aliphatic heterocycles. The Hall–Kier alpha value is -0.920. The van der Waals surface area contributed by atoms with Crippen LogP contribution < -0.4 is 5.32 Å². The van der Waals surface area contributed by atoms with Gasteiger partial charge in [0, 0.05) is 41.3 Å². The minimum Gasteiger partial charge on any atom is -0.360 e. The SMILES string of the molecule is CC1CC(NC(=O)c2cc(C3CC3)on2)CCN1S(=O)Cl. The summed E-state index contributed by atoms with van der Waals surface area (Å²) in [5, 5.41) is 6.81. The zero-order valence-corrected chi connectivity index (χ0v) is 13.3. The first kappa shape index (κ1) is 15.0. The number of rotatable bonds is 4. The lowest BCUT2D eigenvalue weighted by Gasteiger charge is -2.34. The van der Waals surface area contributed by atoms with Crippen molar-refractivity contribution in [3.05, 3.63) is 17.5 Å². The van der Waals surface area contributed by atoms with E-state index < -0.39 is 10.2 Å². The fourth-order valence-corrected chi connectivity index (χ4v) is 3.94. The lowest BCUT2D eigenvalue weighted by molar-refractivity contribution is 0.0906. The Bertz CT molecular complexity index is 561. The number of aromatic nitrogens is 1. The molecule has 8 heteroatoms. The van der Waals surface area contributed by atoms with Crippen molar-refractivity contribution in [1.82, 2.24) is 14.8 Å². The number of piperidine rings is 1. The normalized spacial score (nSPS) is 28.3. The van der Waals surface area contributed by atoms with Crippen LogP contribution in [0.15, 0.2) is 10.6 Å². The molecule has 2 fully saturated rings. The molecule has 0 aromatic carbocycles. The van der Waals surface area contributed by atoms with Gasteiger partial charge in [-0.05, 0) is 32.6 Å². The molecule has 3 rings (SSSR count). The van der Waals surface area contributed by atoms with E-state index >= 15 is 0 Å². The zero-order chi connectivity index (χ0) is 15.0. The number of nitrogens with zero attached hydrogens (tertiary/aromatic N) is 2. The molecule has 0 radical (unpaired) electrons. The predicted molar refractivity (Wildman–Crippen MR) is 79.1 cm³/mol. The van der Waals surface area contributed by atoms with E-state index in [0.717, 1.165) is 31.4 Å². The third-order valence-corrected chi connectivity index (χ3v) is 5.52. The molecule has 1 saturated carbocycles. The second-order valence-electron chi connectivity index (χ2n) is 5.78. The van der Waals surface area contributed by atoms with Crippen LogP contribution in [0.3, 0.4) is 0 Å². The minimum atomic E-state index is -1.48. The largest absolute Gasteiger partial charge is 0.360 e. The molecule has 21 heavy (non-hydrogen) atoms. The molecule has 1 aromatic rings. The molecule has 1 aromatic heterocycles. The van der Waals surface area contributed by atoms with Gasteiger partial charge >= 0.3 is 0 Å². The third kappa shape index (κ3) is 3.46. The van der Waals surface area contributed by atoms with E-state index in [1.807, 2.05) is 6.92 Å². The molecule has 3 unspecified atom stereocenters. The van der Waals surface area contributed by atoms with Gasteiger partial charge in [0.15, 0.2) is 15.9 Å². The molecule has 3 atom stereocenters. The Kier molecular flexibility index (Phi) is 4.33. The summed E-state index contributed by atoms with van der Waals surface area (Å²) in [6.07, 6.45) is 3.67. The van der Waals surface area contributed by atoms with Crippen LogP contribution in [0.4, 0.5) is 0 Å². The highest BCUT2D eigenvalue weighted by Crippen LogP contribution is 2.40. The standard InChI is InChI=1S/C13H18ClN3O3S/c1-8-6-10(4-5-17(8)21(14)19)15-13(18)11-7-12(20-16-11)9-2-3-9/h7-10H,2-6H2,1H3,(H,15,18). The van der Waals surface area contributed by atoms with Crippen LogP contribution in [0.2, 0.25) is 0 Å². The van der Waals surface area contributed by atoms with Gasteiger partial charge in [0.25, 0.3) is 5.91 Å². The van der Waals surface area contributed by atoms with Crippen molar-refractivity contribution in [3.8, 4) is 0 Å². The van der Waals surface area contributed by atoms with E-state index in [2.05, 4.69) is 10.5 Å². The van der Waals surface area contributed by atoms with Gasteiger partial charge in [-0.15, -0.1) is 0 Å². The monoisotopic (exact) mass is 331 g/mol. The van der Waals surface area contributed by atoms with Crippen molar-refractivity contribution in [3.63, 3.8) is 0 Å². The summed E-state index contributed by atoms with van der Waals surface area (Å²) >= 11 is 0. The second-order valence-corrected chi connectivity index (χ2v) is 7.45. The second kappa shape index (κ2) is 6.06. The minimum absolute atomic E-state index is 0.0463. The Balaban J connectivity index is 1.56. The van der Waals surface area contributed by atoms with Crippen molar-refractivity contribution in [2.24, 2.45) is 0 Å². The molecular formula is C13H18ClN3O3S. The quantitative estimate of drug-likeness (QED) is 0.856. The summed E-state index contributed by atoms with van der Waals surface area (Å²) in [7, 11) is 4.15. The van der Waals surface area contributed by atoms with Gasteiger partial charge in [0.05, 0.1) is 0 Å². The Morgan fingerprint density at radius 1 is 1.52 bits per heavy atom. The van der Waals surface area contributed by atoms with Gasteiger partial charge in [-0.1, -0.05) is 5.16 Å². The number of carbonyl (C=O) groups is 1. The van der Waals surface area contributed by atoms with Crippen LogP contribution >= 0.6 is 10.7 Å². The Labute approximate surface area is 130 Å². The number of halogens is 1. The first-order valence-electron chi connectivity index (χ1n) is 7.17. The third-order valence-electron chi connectivity index (χ3n) is 4.08. The molecule has 1 aliphatic carbocycles. The van der Waals surface area contributed by atoms with Gasteiger partial charge < -0.3 is 9.84 Å². The number of nitrogens with one attached hydrogen (secondary N) is 1. The van der Waals surface area contributed by atoms with Crippen LogP contribution in [0.25, 0.3) is 0 Å². The van der Waals surface area contributed by atoms with E-state index in [0.29, 0.717) is 18.2 Å². The highest BCUT2D eigenvalue weighted by atomic mass is 35.7. The molecule has 1 saturated heterocycles. The van der Waals surface area contributed by atoms with Crippen molar-refractivity contribution < 1.29 is 13.5 Å². The first-order valence-corrected chi connectivity index (χ1v) is 9.10. The molecule has 6 nitrogen and oxygen atoms in total. The van der Waals surface area contributed by atoms with Gasteiger partial charge in [0.2, 0.25) is 0 Å². The molecule has 0 bridgehead atoms. The summed E-state index contributed by atoms with van der Waals surface area (Å²) in [5.41, 5.74) is 0.341. The first-order chi connectivity index (χ1) is 10.0. The molecule has 1 N–H and O–H groups in total. The van der Waals surface area contributed by atoms with E-state index in [4.69, 9.17) is 15.2 Å². The zero-order valence-electron chi connectivity index (χ0n) is 11.8. The molecular weight excluding hydrogens is 314 g/mol. The van der Waals surface area contributed by atoms with E-state index in [1.165, 1.54) is 0 Å². The maximum Gasteiger partial charge on any atom is 0.273 e. The van der Waals surface area contributed by atoms with E-state index in [9.17, 15) is 9.00 Å². The Morgan fingerprint density at radius 2 is 2.29 bits per heavy atom. The average Bonchev–Trinajstić information content (AvgIpc) is 3.16. The fourth-order valence-electron chi connectivity index (χ4n) is 2.71. The molecule has 2 aliphatic rings. The average molecular weight is 332 g/mol. The summed E-state index contributed by atoms with van der Waals surface area (Å²) in [6, 6.07) is 1.85. The molecule has 0 spiro atoms. The van der Waals surface area contributed by atoms with Crippen LogP contribution in [-0.4, -0.2) is 38.2 Å². The smallest absolute Gasteiger partial charge is 0.273 e. The van der Waals surface area contributed by atoms with Crippen molar-refractivity contribution >= 4 is 26.8 Å². The summed E-state index contributed by atoms with van der Waals surface area (Å²) in [5.74, 6) is 1.05. The predicted octanol–water partition coefficient (Wildman–Crippen LogP) is 1.95. The highest BCUT2D eigenvalue weighted by molar-refractivity contribution is 8.06. The lowest BCUT2D eigenvalue weighted by atomic mass is 10.0. The van der Waals surface area contributed by atoms with Crippen molar-refractivity contribution in [2.75, 3.05) is 6.54 Å². The number of hydrogen-bond donors (Lipinski definition) is 1. The maximum absolute atomic E-state index is 12.2. The van der Waals surface area contributed by atoms with E-state index in [-0.39, 0.29) is 18.0 Å². The molecule has 2 heterocycles. The van der Waals surface area contributed by atoms with Crippen LogP contribution in [-0.2, 0) is 10.2 Å². The summed E-state index contributed by atoms with van der Waals surface area (Å²) in [4.78, 5) is 12.2. The Morgan fingerprint density at radius 3 is 2.90 bits per heavy atom. The number of carbonyl (C=O) groups excluding carboxylic acids is 1. The van der Waals surface area contributed by atoms with Gasteiger partial charge in [0.1, 0.15) is 5.76 Å². The van der Waals surface area contributed by atoms with E-state index in [1.54, 1.807) is 10.4 Å². The van der Waals surface area contributed by atoms with Crippen LogP contribution in [0, 0.1) is 0 Å². The number of hydrogen-bond acceptors (Lipinski definition) is 4. The van der Waals surface area contributed by atoms with Gasteiger partial charge in [-0.3, -0.25) is 4.79 Å². The highest BCUT2D eigenvalue weighted by Gasteiger charge is 2.31. The summed E-state index contributed by atoms with van der Waals surface area (Å²) in [6.45, 7) is 2.56. The molecule has 1 amide bonds. The van der Waals surface area contributed by atoms with Crippen LogP contribution in [0.1, 0.15) is 54.8 Å². The molecule has 116 valence electrons. The van der Waals surface area contributed by atoms with Crippen molar-refractivity contribution in [1.29, 1.82) is 0 Å². The van der Waals surface area contributed by atoms with Gasteiger partial charge in [-0.25, -0.2) is 8.51 Å². The summed E-state index contributed by atoms with van der Waals surface area (Å²) < 4.78 is 18.2. The van der Waals surface area contributed by atoms with Crippen molar-refractivity contribution in [2.45, 2.75) is 50.6 Å². The lowest BCUT2D eigenvalue weighted by Crippen LogP contribution is -2.48. The maximum atomic E-state index is 12.2. The van der Waals surface area contributed by atoms with Crippen LogP contribution in [0.5, 0.6) is 0 Å². The topological polar surface area (TPSA) is 75.4 Å².